The van der Waals surface area contributed by atoms with Crippen LogP contribution in [0.5, 0.6) is 11.8 Å². The lowest BCUT2D eigenvalue weighted by Gasteiger charge is -2.31. The zero-order valence-electron chi connectivity index (χ0n) is 22.8. The standard InChI is InChI=1S/C31H29F4N5O2/c32-19-14-31(8-5-11-40(31)16-19)17-42-30-37-28-22(29(38-30)39-9-3-1-2-4-10-39)15-36-27(26(28)35)21-13-20(41)12-18-6-7-23(33)25(34)24(18)21/h1-2,6-7,12-13,15,19,41H,3-5,8-11,14,16-17H2/t19-,31+/m1/s1. The molecule has 1 N–H and O–H groups in total. The van der Waals surface area contributed by atoms with Crippen molar-refractivity contribution in [1.29, 1.82) is 0 Å². The average Bonchev–Trinajstić information content (AvgIpc) is 3.35. The second-order valence-electron chi connectivity index (χ2n) is 11.4. The molecular weight excluding hydrogens is 550 g/mol. The third-order valence-electron chi connectivity index (χ3n) is 8.72. The number of alkyl halides is 1. The fourth-order valence-corrected chi connectivity index (χ4v) is 6.75. The van der Waals surface area contributed by atoms with Gasteiger partial charge in [-0.15, -0.1) is 0 Å². The smallest absolute Gasteiger partial charge is 0.319 e. The molecule has 3 aliphatic rings. The summed E-state index contributed by atoms with van der Waals surface area (Å²) in [7, 11) is 0. The van der Waals surface area contributed by atoms with Crippen molar-refractivity contribution in [2.75, 3.05) is 37.7 Å². The maximum absolute atomic E-state index is 16.5. The molecule has 5 heterocycles. The summed E-state index contributed by atoms with van der Waals surface area (Å²) >= 11 is 0. The molecule has 7 rings (SSSR count). The molecule has 42 heavy (non-hydrogen) atoms. The zero-order valence-corrected chi connectivity index (χ0v) is 22.8. The molecule has 218 valence electrons. The molecule has 7 nitrogen and oxygen atoms in total. The number of aromatic nitrogens is 3. The van der Waals surface area contributed by atoms with Crippen LogP contribution in [0.4, 0.5) is 23.4 Å². The summed E-state index contributed by atoms with van der Waals surface area (Å²) in [5.41, 5.74) is -0.948. The Morgan fingerprint density at radius 2 is 1.83 bits per heavy atom. The fraction of sp³-hybridized carbons (Fsp3) is 0.387. The van der Waals surface area contributed by atoms with Crippen LogP contribution < -0.4 is 9.64 Å². The maximum Gasteiger partial charge on any atom is 0.319 e. The molecule has 3 aliphatic heterocycles. The van der Waals surface area contributed by atoms with Gasteiger partial charge in [0.25, 0.3) is 0 Å². The lowest BCUT2D eigenvalue weighted by atomic mass is 9.95. The molecular formula is C31H29F4N5O2. The monoisotopic (exact) mass is 579 g/mol. The number of ether oxygens (including phenoxy) is 1. The van der Waals surface area contributed by atoms with Crippen LogP contribution in [0.2, 0.25) is 0 Å². The number of anilines is 1. The van der Waals surface area contributed by atoms with Gasteiger partial charge in [-0.3, -0.25) is 9.88 Å². The number of aromatic hydroxyl groups is 1. The van der Waals surface area contributed by atoms with Crippen molar-refractivity contribution >= 4 is 27.5 Å². The van der Waals surface area contributed by atoms with Crippen LogP contribution in [0.1, 0.15) is 32.1 Å². The van der Waals surface area contributed by atoms with Crippen LogP contribution in [0.3, 0.4) is 0 Å². The topological polar surface area (TPSA) is 74.6 Å². The highest BCUT2D eigenvalue weighted by molar-refractivity contribution is 6.00. The van der Waals surface area contributed by atoms with E-state index in [1.165, 1.54) is 18.3 Å². The Balaban J connectivity index is 1.37. The number of hydrogen-bond acceptors (Lipinski definition) is 7. The molecule has 2 atom stereocenters. The minimum atomic E-state index is -1.17. The van der Waals surface area contributed by atoms with Crippen molar-refractivity contribution in [1.82, 2.24) is 19.9 Å². The van der Waals surface area contributed by atoms with Crippen LogP contribution in [0.25, 0.3) is 32.9 Å². The highest BCUT2D eigenvalue weighted by atomic mass is 19.2. The molecule has 2 aromatic carbocycles. The molecule has 2 aromatic heterocycles. The first-order valence-electron chi connectivity index (χ1n) is 14.2. The van der Waals surface area contributed by atoms with Gasteiger partial charge >= 0.3 is 6.01 Å². The van der Waals surface area contributed by atoms with Gasteiger partial charge in [-0.25, -0.2) is 17.6 Å². The molecule has 0 aliphatic carbocycles. The van der Waals surface area contributed by atoms with E-state index in [9.17, 15) is 13.9 Å². The third-order valence-corrected chi connectivity index (χ3v) is 8.72. The molecule has 0 radical (unpaired) electrons. The summed E-state index contributed by atoms with van der Waals surface area (Å²) in [5, 5.41) is 10.7. The van der Waals surface area contributed by atoms with E-state index in [1.807, 2.05) is 4.90 Å². The molecule has 0 spiro atoms. The van der Waals surface area contributed by atoms with Gasteiger partial charge in [0.15, 0.2) is 17.5 Å². The highest BCUT2D eigenvalue weighted by Gasteiger charge is 2.49. The Hall–Kier alpha value is -3.99. The molecule has 0 saturated carbocycles. The van der Waals surface area contributed by atoms with Crippen LogP contribution in [-0.2, 0) is 0 Å². The Kier molecular flexibility index (Phi) is 6.64. The highest BCUT2D eigenvalue weighted by Crippen LogP contribution is 2.41. The van der Waals surface area contributed by atoms with E-state index in [0.29, 0.717) is 37.3 Å². The lowest BCUT2D eigenvalue weighted by molar-refractivity contribution is 0.107. The molecule has 0 unspecified atom stereocenters. The van der Waals surface area contributed by atoms with Crippen molar-refractivity contribution in [2.24, 2.45) is 0 Å². The number of halogens is 4. The van der Waals surface area contributed by atoms with Gasteiger partial charge in [0.1, 0.15) is 35.6 Å². The molecule has 0 bridgehead atoms. The van der Waals surface area contributed by atoms with Gasteiger partial charge in [-0.2, -0.15) is 9.97 Å². The van der Waals surface area contributed by atoms with Gasteiger partial charge in [-0.1, -0.05) is 18.2 Å². The molecule has 2 saturated heterocycles. The summed E-state index contributed by atoms with van der Waals surface area (Å²) in [6, 6.07) is 4.64. The van der Waals surface area contributed by atoms with Gasteiger partial charge in [-0.05, 0) is 55.8 Å². The fourth-order valence-electron chi connectivity index (χ4n) is 6.75. The minimum Gasteiger partial charge on any atom is -0.508 e. The lowest BCUT2D eigenvalue weighted by Crippen LogP contribution is -2.43. The second kappa shape index (κ2) is 10.4. The largest absolute Gasteiger partial charge is 0.508 e. The maximum atomic E-state index is 16.5. The van der Waals surface area contributed by atoms with Crippen molar-refractivity contribution in [3.63, 3.8) is 0 Å². The first-order valence-corrected chi connectivity index (χ1v) is 14.2. The third kappa shape index (κ3) is 4.50. The van der Waals surface area contributed by atoms with E-state index < -0.39 is 29.2 Å². The number of hydrogen-bond donors (Lipinski definition) is 1. The average molecular weight is 580 g/mol. The van der Waals surface area contributed by atoms with E-state index in [1.54, 1.807) is 0 Å². The second-order valence-corrected chi connectivity index (χ2v) is 11.4. The number of phenolic OH excluding ortho intramolecular Hbond substituents is 1. The number of rotatable bonds is 5. The number of nitrogens with zero attached hydrogens (tertiary/aromatic N) is 5. The minimum absolute atomic E-state index is 0.0488. The van der Waals surface area contributed by atoms with Crippen molar-refractivity contribution in [3.05, 3.63) is 60.1 Å². The Labute approximate surface area is 239 Å². The number of phenols is 1. The van der Waals surface area contributed by atoms with Crippen LogP contribution in [-0.4, -0.2) is 69.5 Å². The van der Waals surface area contributed by atoms with E-state index in [4.69, 9.17) is 4.74 Å². The Morgan fingerprint density at radius 1 is 1.02 bits per heavy atom. The van der Waals surface area contributed by atoms with E-state index >= 15 is 8.78 Å². The number of benzene rings is 2. The first-order chi connectivity index (χ1) is 20.3. The summed E-state index contributed by atoms with van der Waals surface area (Å²) in [6.45, 7) is 2.60. The van der Waals surface area contributed by atoms with Crippen molar-refractivity contribution in [3.8, 4) is 23.0 Å². The Morgan fingerprint density at radius 3 is 2.64 bits per heavy atom. The summed E-state index contributed by atoms with van der Waals surface area (Å²) in [6.07, 6.45) is 8.29. The predicted octanol–water partition coefficient (Wildman–Crippen LogP) is 6.08. The van der Waals surface area contributed by atoms with Gasteiger partial charge < -0.3 is 14.7 Å². The van der Waals surface area contributed by atoms with E-state index in [2.05, 4.69) is 32.0 Å². The first kappa shape index (κ1) is 26.9. The van der Waals surface area contributed by atoms with E-state index in [0.717, 1.165) is 44.4 Å². The van der Waals surface area contributed by atoms with Crippen LogP contribution in [0, 0.1) is 17.5 Å². The molecule has 4 aromatic rings. The summed E-state index contributed by atoms with van der Waals surface area (Å²) in [4.78, 5) is 17.6. The van der Waals surface area contributed by atoms with Crippen LogP contribution in [0.15, 0.2) is 42.6 Å². The predicted molar refractivity (Wildman–Crippen MR) is 151 cm³/mol. The Bertz CT molecular complexity index is 1720. The normalized spacial score (nSPS) is 22.7. The van der Waals surface area contributed by atoms with Gasteiger partial charge in [0, 0.05) is 43.2 Å². The van der Waals surface area contributed by atoms with Crippen molar-refractivity contribution < 1.29 is 27.4 Å². The molecule has 0 amide bonds. The van der Waals surface area contributed by atoms with Crippen molar-refractivity contribution in [2.45, 2.75) is 43.8 Å². The number of fused-ring (bicyclic) bond motifs is 3. The number of pyridine rings is 1. The summed E-state index contributed by atoms with van der Waals surface area (Å²) in [5.74, 6) is -2.96. The van der Waals surface area contributed by atoms with E-state index in [-0.39, 0.29) is 45.9 Å². The van der Waals surface area contributed by atoms with Gasteiger partial charge in [0.05, 0.1) is 10.9 Å². The van der Waals surface area contributed by atoms with Gasteiger partial charge in [0.2, 0.25) is 0 Å². The zero-order chi connectivity index (χ0) is 29.0. The quantitative estimate of drug-likeness (QED) is 0.227. The summed E-state index contributed by atoms with van der Waals surface area (Å²) < 4.78 is 66.2. The molecule has 11 heteroatoms. The van der Waals surface area contributed by atoms with Crippen LogP contribution >= 0.6 is 0 Å². The molecule has 2 fully saturated rings. The SMILES string of the molecule is Oc1cc(-c2ncc3c(N4CCC=CCC4)nc(OC[C@@]45CCCN4C[C@H](F)C5)nc3c2F)c2c(F)c(F)ccc2c1.